The van der Waals surface area contributed by atoms with Crippen molar-refractivity contribution in [3.63, 3.8) is 0 Å². The van der Waals surface area contributed by atoms with Crippen LogP contribution in [0.1, 0.15) is 12.0 Å². The molecule has 3 heterocycles. The summed E-state index contributed by atoms with van der Waals surface area (Å²) in [6.07, 6.45) is -2.37. The van der Waals surface area contributed by atoms with Gasteiger partial charge in [-0.05, 0) is 43.6 Å². The van der Waals surface area contributed by atoms with E-state index in [1.165, 1.54) is 22.9 Å². The quantitative estimate of drug-likeness (QED) is 0.543. The number of rotatable bonds is 6. The second-order valence-electron chi connectivity index (χ2n) is 6.99. The van der Waals surface area contributed by atoms with Gasteiger partial charge in [0.1, 0.15) is 11.3 Å². The van der Waals surface area contributed by atoms with Gasteiger partial charge in [0.25, 0.3) is 0 Å². The molecule has 1 fully saturated rings. The zero-order valence-corrected chi connectivity index (χ0v) is 16.3. The van der Waals surface area contributed by atoms with Crippen LogP contribution in [-0.2, 0) is 6.54 Å². The highest BCUT2D eigenvalue weighted by Gasteiger charge is 2.32. The van der Waals surface area contributed by atoms with Crippen LogP contribution in [0.5, 0.6) is 5.75 Å². The molecule has 0 radical (unpaired) electrons. The van der Waals surface area contributed by atoms with Crippen LogP contribution in [0.15, 0.2) is 29.2 Å². The fourth-order valence-electron chi connectivity index (χ4n) is 3.37. The summed E-state index contributed by atoms with van der Waals surface area (Å²) in [4.78, 5) is 23.6. The van der Waals surface area contributed by atoms with E-state index in [2.05, 4.69) is 30.3 Å². The number of hydrogen-bond acceptors (Lipinski definition) is 6. The van der Waals surface area contributed by atoms with E-state index >= 15 is 0 Å². The van der Waals surface area contributed by atoms with Crippen LogP contribution < -0.4 is 21.1 Å². The molecule has 1 aromatic carbocycles. The highest BCUT2D eigenvalue weighted by Crippen LogP contribution is 2.29. The Hall–Kier alpha value is -2.79. The maximum absolute atomic E-state index is 12.7. The maximum Gasteiger partial charge on any atom is 0.573 e. The summed E-state index contributed by atoms with van der Waals surface area (Å²) < 4.78 is 43.5. The largest absolute Gasteiger partial charge is 0.573 e. The molecule has 1 saturated heterocycles. The van der Waals surface area contributed by atoms with Crippen LogP contribution in [0.25, 0.3) is 11.2 Å². The van der Waals surface area contributed by atoms with Gasteiger partial charge in [0, 0.05) is 17.1 Å². The molecule has 0 aliphatic carbocycles. The fraction of sp³-hybridized carbons (Fsp3) is 0.389. The van der Waals surface area contributed by atoms with Crippen LogP contribution in [0.4, 0.5) is 19.1 Å². The third-order valence-corrected chi connectivity index (χ3v) is 5.03. The molecule has 0 saturated carbocycles. The summed E-state index contributed by atoms with van der Waals surface area (Å²) in [6.45, 7) is 2.32. The Morgan fingerprint density at radius 3 is 2.93 bits per heavy atom. The van der Waals surface area contributed by atoms with Gasteiger partial charge < -0.3 is 20.4 Å². The Labute approximate surface area is 173 Å². The molecule has 4 rings (SSSR count). The maximum atomic E-state index is 12.7. The summed E-state index contributed by atoms with van der Waals surface area (Å²) in [6, 6.07) is 3.72. The third-order valence-electron chi connectivity index (χ3n) is 4.80. The van der Waals surface area contributed by atoms with E-state index in [9.17, 15) is 18.0 Å². The minimum Gasteiger partial charge on any atom is -0.405 e. The minimum atomic E-state index is -4.87. The van der Waals surface area contributed by atoms with Gasteiger partial charge in [0.05, 0.1) is 12.7 Å². The predicted octanol–water partition coefficient (Wildman–Crippen LogP) is 2.74. The van der Waals surface area contributed by atoms with E-state index < -0.39 is 17.8 Å². The number of H-pyrrole nitrogens is 1. The Kier molecular flexibility index (Phi) is 5.56. The van der Waals surface area contributed by atoms with Crippen molar-refractivity contribution in [3.05, 3.63) is 45.5 Å². The highest BCUT2D eigenvalue weighted by molar-refractivity contribution is 6.30. The molecule has 0 bridgehead atoms. The predicted molar refractivity (Wildman–Crippen MR) is 105 cm³/mol. The first-order valence-electron chi connectivity index (χ1n) is 9.23. The summed E-state index contributed by atoms with van der Waals surface area (Å²) in [5, 5.41) is 6.63. The number of hydrogen-bond donors (Lipinski definition) is 3. The molecule has 12 heteroatoms. The van der Waals surface area contributed by atoms with Crippen LogP contribution in [0.2, 0.25) is 5.02 Å². The average Bonchev–Trinajstić information content (AvgIpc) is 3.29. The van der Waals surface area contributed by atoms with Crippen LogP contribution in [0.3, 0.4) is 0 Å². The Morgan fingerprint density at radius 2 is 2.20 bits per heavy atom. The number of alkyl halides is 3. The topological polar surface area (TPSA) is 96.9 Å². The lowest BCUT2D eigenvalue weighted by Gasteiger charge is -2.14. The Balaban J connectivity index is 1.64. The first-order chi connectivity index (χ1) is 14.3. The lowest BCUT2D eigenvalue weighted by atomic mass is 10.1. The molecule has 0 spiro atoms. The number of benzene rings is 1. The minimum absolute atomic E-state index is 0.0907. The molecule has 30 heavy (non-hydrogen) atoms. The summed E-state index contributed by atoms with van der Waals surface area (Å²) in [5.41, 5.74) is 0.190. The Morgan fingerprint density at radius 1 is 1.37 bits per heavy atom. The summed E-state index contributed by atoms with van der Waals surface area (Å²) in [7, 11) is 0. The zero-order chi connectivity index (χ0) is 21.3. The van der Waals surface area contributed by atoms with Crippen molar-refractivity contribution in [1.29, 1.82) is 0 Å². The standard InChI is InChI=1S/C18H18ClF3N6O2/c19-12-1-2-14(30-18(20,21)22)11(5-12)9-28-15-13(26-17(28)29)8-25-16(27-15)24-7-10-3-4-23-6-10/h1-2,5,8,10,23H,3-4,6-7,9H2,(H,26,29)(H,24,25,27)/t10-/m1/s1. The van der Waals surface area contributed by atoms with Gasteiger partial charge in [-0.25, -0.2) is 9.78 Å². The summed E-state index contributed by atoms with van der Waals surface area (Å²) >= 11 is 5.94. The molecule has 0 amide bonds. The molecule has 0 unspecified atom stereocenters. The number of aromatic nitrogens is 4. The van der Waals surface area contributed by atoms with Gasteiger partial charge in [-0.2, -0.15) is 4.98 Å². The van der Waals surface area contributed by atoms with Gasteiger partial charge in [-0.3, -0.25) is 4.57 Å². The van der Waals surface area contributed by atoms with E-state index in [0.717, 1.165) is 25.6 Å². The molecular formula is C18H18ClF3N6O2. The Bertz CT molecular complexity index is 1110. The molecule has 3 N–H and O–H groups in total. The molecular weight excluding hydrogens is 425 g/mol. The first-order valence-corrected chi connectivity index (χ1v) is 9.60. The zero-order valence-electron chi connectivity index (χ0n) is 15.6. The molecule has 1 aliphatic heterocycles. The van der Waals surface area contributed by atoms with Crippen molar-refractivity contribution in [2.75, 3.05) is 25.0 Å². The SMILES string of the molecule is O=c1[nH]c2cnc(NC[C@@H]3CCNC3)nc2n1Cc1cc(Cl)ccc1OC(F)(F)F. The number of aromatic amines is 1. The smallest absolute Gasteiger partial charge is 0.405 e. The normalized spacial score (nSPS) is 16.9. The molecule has 8 nitrogen and oxygen atoms in total. The van der Waals surface area contributed by atoms with E-state index in [0.29, 0.717) is 23.9 Å². The van der Waals surface area contributed by atoms with Gasteiger partial charge in [-0.1, -0.05) is 11.6 Å². The van der Waals surface area contributed by atoms with Crippen LogP contribution in [-0.4, -0.2) is 45.5 Å². The number of fused-ring (bicyclic) bond motifs is 1. The van der Waals surface area contributed by atoms with Gasteiger partial charge in [0.15, 0.2) is 5.65 Å². The highest BCUT2D eigenvalue weighted by atomic mass is 35.5. The first kappa shape index (κ1) is 20.5. The lowest BCUT2D eigenvalue weighted by molar-refractivity contribution is -0.274. The summed E-state index contributed by atoms with van der Waals surface area (Å²) in [5.74, 6) is 0.348. The van der Waals surface area contributed by atoms with E-state index in [1.807, 2.05) is 0 Å². The molecule has 160 valence electrons. The second-order valence-corrected chi connectivity index (χ2v) is 7.42. The number of nitrogens with zero attached hydrogens (tertiary/aromatic N) is 3. The van der Waals surface area contributed by atoms with Crippen molar-refractivity contribution in [1.82, 2.24) is 24.8 Å². The fourth-order valence-corrected chi connectivity index (χ4v) is 3.56. The van der Waals surface area contributed by atoms with E-state index in [4.69, 9.17) is 11.6 Å². The lowest BCUT2D eigenvalue weighted by Crippen LogP contribution is -2.21. The van der Waals surface area contributed by atoms with Gasteiger partial charge >= 0.3 is 12.1 Å². The molecule has 2 aromatic heterocycles. The van der Waals surface area contributed by atoms with E-state index in [-0.39, 0.29) is 22.8 Å². The third kappa shape index (κ3) is 4.68. The molecule has 3 aromatic rings. The average molecular weight is 443 g/mol. The monoisotopic (exact) mass is 442 g/mol. The van der Waals surface area contributed by atoms with Crippen molar-refractivity contribution in [2.24, 2.45) is 5.92 Å². The van der Waals surface area contributed by atoms with Crippen LogP contribution in [0, 0.1) is 5.92 Å². The number of imidazole rings is 1. The van der Waals surface area contributed by atoms with Crippen molar-refractivity contribution >= 4 is 28.7 Å². The van der Waals surface area contributed by atoms with Gasteiger partial charge in [0.2, 0.25) is 5.95 Å². The van der Waals surface area contributed by atoms with Gasteiger partial charge in [-0.15, -0.1) is 13.2 Å². The number of halogens is 4. The number of nitrogens with one attached hydrogen (secondary N) is 3. The number of anilines is 1. The second kappa shape index (κ2) is 8.15. The molecule has 1 aliphatic rings. The number of ether oxygens (including phenoxy) is 1. The van der Waals surface area contributed by atoms with Crippen molar-refractivity contribution in [2.45, 2.75) is 19.3 Å². The van der Waals surface area contributed by atoms with Crippen molar-refractivity contribution < 1.29 is 17.9 Å². The van der Waals surface area contributed by atoms with E-state index in [1.54, 1.807) is 0 Å². The van der Waals surface area contributed by atoms with Crippen LogP contribution >= 0.6 is 11.6 Å². The van der Waals surface area contributed by atoms with Crippen molar-refractivity contribution in [3.8, 4) is 5.75 Å². The molecule has 1 atom stereocenters.